The van der Waals surface area contributed by atoms with Crippen LogP contribution in [0.5, 0.6) is 0 Å². The minimum atomic E-state index is -0.0776. The van der Waals surface area contributed by atoms with Gasteiger partial charge >= 0.3 is 0 Å². The van der Waals surface area contributed by atoms with Gasteiger partial charge in [0.15, 0.2) is 0 Å². The van der Waals surface area contributed by atoms with Crippen LogP contribution in [-0.2, 0) is 4.74 Å². The average Bonchev–Trinajstić information content (AvgIpc) is 3.03. The van der Waals surface area contributed by atoms with E-state index in [4.69, 9.17) is 9.26 Å². The van der Waals surface area contributed by atoms with Gasteiger partial charge in [0.1, 0.15) is 0 Å². The molecule has 1 fully saturated rings. The number of amides is 1. The van der Waals surface area contributed by atoms with Crippen molar-refractivity contribution < 1.29 is 14.1 Å². The molecule has 1 aliphatic heterocycles. The van der Waals surface area contributed by atoms with Crippen LogP contribution in [0.4, 0.5) is 0 Å². The van der Waals surface area contributed by atoms with Gasteiger partial charge in [-0.15, -0.1) is 0 Å². The minimum Gasteiger partial charge on any atom is -0.383 e. The summed E-state index contributed by atoms with van der Waals surface area (Å²) in [6.07, 6.45) is 2.24. The Hall–Kier alpha value is -1.40. The van der Waals surface area contributed by atoms with Crippen LogP contribution in [0.1, 0.15) is 48.9 Å². The standard InChI is InChI=1S/C17H29N3O3/c1-13(2)15-11-16(23-18-15)17(21)19(3)12-14-5-7-20(8-6-14)9-10-22-4/h11,13-14H,5-10,12H2,1-4H3. The molecule has 0 atom stereocenters. The molecule has 1 aromatic rings. The largest absolute Gasteiger partial charge is 0.383 e. The maximum Gasteiger partial charge on any atom is 0.292 e. The summed E-state index contributed by atoms with van der Waals surface area (Å²) in [5.74, 6) is 1.08. The van der Waals surface area contributed by atoms with E-state index in [1.54, 1.807) is 18.1 Å². The first-order valence-electron chi connectivity index (χ1n) is 8.44. The summed E-state index contributed by atoms with van der Waals surface area (Å²) in [6, 6.07) is 1.76. The van der Waals surface area contributed by atoms with E-state index in [1.807, 2.05) is 20.9 Å². The zero-order valence-corrected chi connectivity index (χ0v) is 14.7. The molecule has 0 aromatic carbocycles. The molecule has 6 heteroatoms. The van der Waals surface area contributed by atoms with Gasteiger partial charge in [-0.05, 0) is 37.8 Å². The van der Waals surface area contributed by atoms with Gasteiger partial charge in [-0.1, -0.05) is 19.0 Å². The number of hydrogen-bond donors (Lipinski definition) is 0. The molecule has 0 aliphatic carbocycles. The number of piperidine rings is 1. The molecular weight excluding hydrogens is 294 g/mol. The molecular formula is C17H29N3O3. The SMILES string of the molecule is COCCN1CCC(CN(C)C(=O)c2cc(C(C)C)no2)CC1. The highest BCUT2D eigenvalue weighted by molar-refractivity contribution is 5.91. The highest BCUT2D eigenvalue weighted by Gasteiger charge is 2.24. The highest BCUT2D eigenvalue weighted by Crippen LogP contribution is 2.20. The predicted octanol–water partition coefficient (Wildman–Crippen LogP) is 2.23. The smallest absolute Gasteiger partial charge is 0.292 e. The summed E-state index contributed by atoms with van der Waals surface area (Å²) in [5.41, 5.74) is 0.827. The van der Waals surface area contributed by atoms with E-state index < -0.39 is 0 Å². The lowest BCUT2D eigenvalue weighted by molar-refractivity contribution is 0.0685. The third-order valence-electron chi connectivity index (χ3n) is 4.53. The van der Waals surface area contributed by atoms with Crippen molar-refractivity contribution in [1.82, 2.24) is 15.0 Å². The normalized spacial score (nSPS) is 16.9. The van der Waals surface area contributed by atoms with Crippen LogP contribution < -0.4 is 0 Å². The van der Waals surface area contributed by atoms with Crippen LogP contribution >= 0.6 is 0 Å². The number of nitrogens with zero attached hydrogens (tertiary/aromatic N) is 3. The number of carbonyl (C=O) groups excluding carboxylic acids is 1. The van der Waals surface area contributed by atoms with E-state index >= 15 is 0 Å². The third-order valence-corrected chi connectivity index (χ3v) is 4.53. The molecule has 2 heterocycles. The number of methoxy groups -OCH3 is 1. The highest BCUT2D eigenvalue weighted by atomic mass is 16.5. The quantitative estimate of drug-likeness (QED) is 0.770. The summed E-state index contributed by atoms with van der Waals surface area (Å²) in [4.78, 5) is 16.6. The first kappa shape index (κ1) is 17.9. The van der Waals surface area contributed by atoms with E-state index in [0.717, 1.165) is 51.3 Å². The molecule has 1 aliphatic rings. The number of ether oxygens (including phenoxy) is 1. The van der Waals surface area contributed by atoms with E-state index in [-0.39, 0.29) is 11.8 Å². The predicted molar refractivity (Wildman–Crippen MR) is 88.6 cm³/mol. The van der Waals surface area contributed by atoms with Crippen LogP contribution in [0.15, 0.2) is 10.6 Å². The Labute approximate surface area is 138 Å². The zero-order chi connectivity index (χ0) is 16.8. The first-order valence-corrected chi connectivity index (χ1v) is 8.44. The van der Waals surface area contributed by atoms with Crippen LogP contribution in [0, 0.1) is 5.92 Å². The van der Waals surface area contributed by atoms with Gasteiger partial charge in [-0.25, -0.2) is 0 Å². The molecule has 23 heavy (non-hydrogen) atoms. The summed E-state index contributed by atoms with van der Waals surface area (Å²) in [6.45, 7) is 8.78. The van der Waals surface area contributed by atoms with Crippen molar-refractivity contribution >= 4 is 5.91 Å². The van der Waals surface area contributed by atoms with Crippen molar-refractivity contribution in [3.8, 4) is 0 Å². The van der Waals surface area contributed by atoms with Crippen molar-refractivity contribution in [2.75, 3.05) is 46.9 Å². The van der Waals surface area contributed by atoms with Gasteiger partial charge in [0.25, 0.3) is 5.91 Å². The summed E-state index contributed by atoms with van der Waals surface area (Å²) >= 11 is 0. The number of hydrogen-bond acceptors (Lipinski definition) is 5. The van der Waals surface area contributed by atoms with Gasteiger partial charge < -0.3 is 19.1 Å². The second-order valence-corrected chi connectivity index (χ2v) is 6.73. The molecule has 0 unspecified atom stereocenters. The minimum absolute atomic E-state index is 0.0776. The van der Waals surface area contributed by atoms with Crippen LogP contribution in [0.25, 0.3) is 0 Å². The second-order valence-electron chi connectivity index (χ2n) is 6.73. The monoisotopic (exact) mass is 323 g/mol. The Balaban J connectivity index is 1.80. The van der Waals surface area contributed by atoms with Gasteiger partial charge in [0.2, 0.25) is 5.76 Å². The topological polar surface area (TPSA) is 58.8 Å². The van der Waals surface area contributed by atoms with E-state index in [0.29, 0.717) is 11.7 Å². The Bertz CT molecular complexity index is 493. The van der Waals surface area contributed by atoms with Crippen LogP contribution in [0.3, 0.4) is 0 Å². The van der Waals surface area contributed by atoms with Crippen molar-refractivity contribution in [2.24, 2.45) is 5.92 Å². The number of carbonyl (C=O) groups is 1. The average molecular weight is 323 g/mol. The number of rotatable bonds is 7. The molecule has 0 N–H and O–H groups in total. The molecule has 0 radical (unpaired) electrons. The van der Waals surface area contributed by atoms with Crippen molar-refractivity contribution in [3.05, 3.63) is 17.5 Å². The summed E-state index contributed by atoms with van der Waals surface area (Å²) < 4.78 is 10.3. The van der Waals surface area contributed by atoms with Crippen LogP contribution in [-0.4, -0.2) is 67.8 Å². The maximum atomic E-state index is 12.4. The lowest BCUT2D eigenvalue weighted by Gasteiger charge is -2.33. The lowest BCUT2D eigenvalue weighted by Crippen LogP contribution is -2.40. The fraction of sp³-hybridized carbons (Fsp3) is 0.765. The Morgan fingerprint density at radius 3 is 2.74 bits per heavy atom. The van der Waals surface area contributed by atoms with E-state index in [2.05, 4.69) is 10.1 Å². The maximum absolute atomic E-state index is 12.4. The van der Waals surface area contributed by atoms with Crippen molar-refractivity contribution in [3.63, 3.8) is 0 Å². The summed E-state index contributed by atoms with van der Waals surface area (Å²) in [7, 11) is 3.58. The van der Waals surface area contributed by atoms with Crippen LogP contribution in [0.2, 0.25) is 0 Å². The van der Waals surface area contributed by atoms with Gasteiger partial charge in [-0.3, -0.25) is 4.79 Å². The van der Waals surface area contributed by atoms with Gasteiger partial charge in [-0.2, -0.15) is 0 Å². The fourth-order valence-corrected chi connectivity index (χ4v) is 2.93. The number of aromatic nitrogens is 1. The van der Waals surface area contributed by atoms with E-state index in [9.17, 15) is 4.79 Å². The number of likely N-dealkylation sites (tertiary alicyclic amines) is 1. The van der Waals surface area contributed by atoms with Gasteiger partial charge in [0.05, 0.1) is 12.3 Å². The molecule has 1 amide bonds. The summed E-state index contributed by atoms with van der Waals surface area (Å²) in [5, 5.41) is 3.96. The Kier molecular flexibility index (Phi) is 6.59. The molecule has 6 nitrogen and oxygen atoms in total. The molecule has 1 aromatic heterocycles. The Morgan fingerprint density at radius 2 is 2.17 bits per heavy atom. The fourth-order valence-electron chi connectivity index (χ4n) is 2.93. The molecule has 1 saturated heterocycles. The Morgan fingerprint density at radius 1 is 1.48 bits per heavy atom. The van der Waals surface area contributed by atoms with Crippen molar-refractivity contribution in [1.29, 1.82) is 0 Å². The zero-order valence-electron chi connectivity index (χ0n) is 14.7. The molecule has 2 rings (SSSR count). The lowest BCUT2D eigenvalue weighted by atomic mass is 9.96. The van der Waals surface area contributed by atoms with Gasteiger partial charge in [0, 0.05) is 33.3 Å². The third kappa shape index (κ3) is 5.04. The first-order chi connectivity index (χ1) is 11.0. The molecule has 0 bridgehead atoms. The second kappa shape index (κ2) is 8.45. The van der Waals surface area contributed by atoms with Crippen molar-refractivity contribution in [2.45, 2.75) is 32.6 Å². The molecule has 130 valence electrons. The van der Waals surface area contributed by atoms with E-state index in [1.165, 1.54) is 0 Å². The molecule has 0 spiro atoms. The molecule has 0 saturated carbocycles.